The lowest BCUT2D eigenvalue weighted by molar-refractivity contribution is 0.734. The maximum Gasteiger partial charge on any atom is 0.0455 e. The largest absolute Gasteiger partial charge is 0.318 e. The zero-order valence-corrected chi connectivity index (χ0v) is 13.3. The van der Waals surface area contributed by atoms with Gasteiger partial charge in [-0.25, -0.2) is 0 Å². The molecule has 0 radical (unpaired) electrons. The maximum atomic E-state index is 3.84. The number of nitrogens with zero attached hydrogens (tertiary/aromatic N) is 1. The smallest absolute Gasteiger partial charge is 0.0455 e. The normalized spacial score (nSPS) is 12.8. The van der Waals surface area contributed by atoms with E-state index in [2.05, 4.69) is 75.2 Å². The Balaban J connectivity index is 3.32. The van der Waals surface area contributed by atoms with Crippen LogP contribution in [-0.4, -0.2) is 0 Å². The highest BCUT2D eigenvalue weighted by molar-refractivity contribution is 5.58. The molecule has 1 nitrogen and oxygen atoms in total. The van der Waals surface area contributed by atoms with Crippen LogP contribution in [0.25, 0.3) is 0 Å². The highest BCUT2D eigenvalue weighted by Gasteiger charge is 2.15. The fourth-order valence-corrected chi connectivity index (χ4v) is 2.13. The molecular weight excluding hydrogens is 254 g/mol. The van der Waals surface area contributed by atoms with Crippen molar-refractivity contribution >= 4 is 5.69 Å². The van der Waals surface area contributed by atoms with E-state index in [-0.39, 0.29) is 0 Å². The van der Waals surface area contributed by atoms with Crippen molar-refractivity contribution in [1.82, 2.24) is 0 Å². The van der Waals surface area contributed by atoms with Crippen LogP contribution in [0.1, 0.15) is 20.8 Å². The van der Waals surface area contributed by atoms with Crippen LogP contribution in [0.15, 0.2) is 91.3 Å². The summed E-state index contributed by atoms with van der Waals surface area (Å²) in [5, 5.41) is 0. The van der Waals surface area contributed by atoms with Crippen molar-refractivity contribution in [3.05, 3.63) is 91.3 Å². The molecule has 0 aliphatic heterocycles. The number of hydrogen-bond acceptors (Lipinski definition) is 1. The van der Waals surface area contributed by atoms with Gasteiger partial charge < -0.3 is 4.90 Å². The first-order valence-electron chi connectivity index (χ1n) is 7.25. The molecule has 0 unspecified atom stereocenters. The third kappa shape index (κ3) is 4.96. The van der Waals surface area contributed by atoms with Gasteiger partial charge in [-0.15, -0.1) is 0 Å². The first-order chi connectivity index (χ1) is 10.1. The van der Waals surface area contributed by atoms with E-state index in [4.69, 9.17) is 0 Å². The molecule has 1 heteroatoms. The predicted octanol–water partition coefficient (Wildman–Crippen LogP) is 5.86. The van der Waals surface area contributed by atoms with Crippen LogP contribution in [0.2, 0.25) is 0 Å². The molecule has 0 aromatic heterocycles. The summed E-state index contributed by atoms with van der Waals surface area (Å²) in [5.41, 5.74) is 3.53. The first-order valence-corrected chi connectivity index (χ1v) is 7.25. The van der Waals surface area contributed by atoms with Gasteiger partial charge in [-0.3, -0.25) is 0 Å². The zero-order valence-electron chi connectivity index (χ0n) is 13.3. The van der Waals surface area contributed by atoms with Crippen LogP contribution in [0, 0.1) is 5.92 Å². The number of para-hydroxylation sites is 1. The van der Waals surface area contributed by atoms with Gasteiger partial charge >= 0.3 is 0 Å². The third-order valence-corrected chi connectivity index (χ3v) is 3.09. The molecule has 21 heavy (non-hydrogen) atoms. The molecule has 0 bridgehead atoms. The van der Waals surface area contributed by atoms with Crippen molar-refractivity contribution in [3.8, 4) is 0 Å². The summed E-state index contributed by atoms with van der Waals surface area (Å²) in [5.74, 6) is 0.398. The minimum Gasteiger partial charge on any atom is -0.318 e. The van der Waals surface area contributed by atoms with Crippen molar-refractivity contribution in [2.75, 3.05) is 4.90 Å². The molecule has 0 heterocycles. The molecular formula is C20H25N. The Kier molecular flexibility index (Phi) is 7.03. The summed E-state index contributed by atoms with van der Waals surface area (Å²) in [6.45, 7) is 14.0. The number of benzene rings is 1. The van der Waals surface area contributed by atoms with Crippen LogP contribution in [-0.2, 0) is 0 Å². The lowest BCUT2D eigenvalue weighted by Gasteiger charge is -2.30. The van der Waals surface area contributed by atoms with E-state index in [1.807, 2.05) is 24.3 Å². The van der Waals surface area contributed by atoms with E-state index in [1.165, 1.54) is 5.70 Å². The molecule has 0 aliphatic carbocycles. The van der Waals surface area contributed by atoms with Crippen molar-refractivity contribution in [2.45, 2.75) is 20.8 Å². The minimum absolute atomic E-state index is 0.398. The molecule has 0 saturated heterocycles. The Bertz CT molecular complexity index is 544. The number of hydrogen-bond donors (Lipinski definition) is 0. The van der Waals surface area contributed by atoms with Gasteiger partial charge in [0.15, 0.2) is 0 Å². The first kappa shape index (κ1) is 16.8. The zero-order chi connectivity index (χ0) is 15.7. The maximum absolute atomic E-state index is 3.84. The van der Waals surface area contributed by atoms with Crippen LogP contribution < -0.4 is 4.90 Å². The number of anilines is 1. The number of allylic oxidation sites excluding steroid dienone is 8. The van der Waals surface area contributed by atoms with Gasteiger partial charge in [0.05, 0.1) is 0 Å². The molecule has 0 aliphatic rings. The lowest BCUT2D eigenvalue weighted by Crippen LogP contribution is -2.23. The van der Waals surface area contributed by atoms with Crippen molar-refractivity contribution in [3.63, 3.8) is 0 Å². The average Bonchev–Trinajstić information content (AvgIpc) is 2.48. The van der Waals surface area contributed by atoms with Crippen LogP contribution >= 0.6 is 0 Å². The minimum atomic E-state index is 0.398. The van der Waals surface area contributed by atoms with Gasteiger partial charge in [-0.05, 0) is 37.1 Å². The summed E-state index contributed by atoms with van der Waals surface area (Å²) in [7, 11) is 0. The van der Waals surface area contributed by atoms with Crippen molar-refractivity contribution in [2.24, 2.45) is 5.92 Å². The molecule has 1 aromatic carbocycles. The molecule has 0 fully saturated rings. The summed E-state index contributed by atoms with van der Waals surface area (Å²) < 4.78 is 0. The summed E-state index contributed by atoms with van der Waals surface area (Å²) in [4.78, 5) is 2.26. The Morgan fingerprint density at radius 2 is 1.67 bits per heavy atom. The molecule has 0 amide bonds. The Morgan fingerprint density at radius 1 is 1.00 bits per heavy atom. The lowest BCUT2D eigenvalue weighted by atomic mass is 10.1. The van der Waals surface area contributed by atoms with Crippen LogP contribution in [0.4, 0.5) is 5.69 Å². The topological polar surface area (TPSA) is 3.24 Å². The summed E-state index contributed by atoms with van der Waals surface area (Å²) in [6.07, 6.45) is 11.7. The van der Waals surface area contributed by atoms with Crippen molar-refractivity contribution in [1.29, 1.82) is 0 Å². The van der Waals surface area contributed by atoms with E-state index >= 15 is 0 Å². The quantitative estimate of drug-likeness (QED) is 0.565. The predicted molar refractivity (Wildman–Crippen MR) is 95.1 cm³/mol. The van der Waals surface area contributed by atoms with Gasteiger partial charge in [0.1, 0.15) is 0 Å². The molecule has 0 saturated carbocycles. The van der Waals surface area contributed by atoms with Gasteiger partial charge in [0.2, 0.25) is 0 Å². The second-order valence-corrected chi connectivity index (χ2v) is 5.08. The highest BCUT2D eigenvalue weighted by Crippen LogP contribution is 2.28. The van der Waals surface area contributed by atoms with Gasteiger partial charge in [0, 0.05) is 17.1 Å². The Labute approximate surface area is 129 Å². The monoisotopic (exact) mass is 279 g/mol. The summed E-state index contributed by atoms with van der Waals surface area (Å²) in [6, 6.07) is 10.4. The second-order valence-electron chi connectivity index (χ2n) is 5.08. The van der Waals surface area contributed by atoms with Crippen LogP contribution in [0.5, 0.6) is 0 Å². The number of rotatable bonds is 7. The average molecular weight is 279 g/mol. The van der Waals surface area contributed by atoms with E-state index in [0.29, 0.717) is 5.92 Å². The second kappa shape index (κ2) is 8.80. The van der Waals surface area contributed by atoms with Crippen LogP contribution in [0.3, 0.4) is 0 Å². The van der Waals surface area contributed by atoms with Gasteiger partial charge in [-0.1, -0.05) is 69.5 Å². The SMILES string of the molecule is C=C/C=C\C=C(/C)N(/C(=C/C=C)C(C)C)c1ccccc1. The van der Waals surface area contributed by atoms with E-state index in [0.717, 1.165) is 11.4 Å². The van der Waals surface area contributed by atoms with E-state index in [9.17, 15) is 0 Å². The fourth-order valence-electron chi connectivity index (χ4n) is 2.13. The molecule has 0 atom stereocenters. The standard InChI is InChI=1S/C20H25N/c1-6-8-10-14-18(5)21(19-15-11-9-12-16-19)20(13-7-2)17(3)4/h6-17H,1-2H2,3-5H3/b10-8-,18-14+,20-13+. The Hall–Kier alpha value is -2.28. The molecule has 0 N–H and O–H groups in total. The Morgan fingerprint density at radius 3 is 2.19 bits per heavy atom. The summed E-state index contributed by atoms with van der Waals surface area (Å²) >= 11 is 0. The van der Waals surface area contributed by atoms with E-state index in [1.54, 1.807) is 6.08 Å². The van der Waals surface area contributed by atoms with Gasteiger partial charge in [-0.2, -0.15) is 0 Å². The highest BCUT2D eigenvalue weighted by atomic mass is 15.2. The molecule has 110 valence electrons. The van der Waals surface area contributed by atoms with Gasteiger partial charge in [0.25, 0.3) is 0 Å². The molecule has 0 spiro atoms. The fraction of sp³-hybridized carbons (Fsp3) is 0.200. The van der Waals surface area contributed by atoms with E-state index < -0.39 is 0 Å². The third-order valence-electron chi connectivity index (χ3n) is 3.09. The molecule has 1 aromatic rings. The van der Waals surface area contributed by atoms with Crippen molar-refractivity contribution < 1.29 is 0 Å². The molecule has 1 rings (SSSR count).